The van der Waals surface area contributed by atoms with Gasteiger partial charge < -0.3 is 56.2 Å². The minimum atomic E-state index is -4.00. The fraction of sp³-hybridized carbons (Fsp3) is 0.280. The number of amides is 3. The van der Waals surface area contributed by atoms with Crippen molar-refractivity contribution in [3.8, 4) is 11.4 Å². The molecule has 2 aromatic carbocycles. The first-order chi connectivity index (χ1) is 19.4. The van der Waals surface area contributed by atoms with Crippen LogP contribution in [0.4, 0.5) is 11.4 Å². The first-order valence-electron chi connectivity index (χ1n) is 12.1. The van der Waals surface area contributed by atoms with Crippen molar-refractivity contribution in [2.24, 2.45) is 5.73 Å². The number of rotatable bonds is 5. The molecule has 222 valence electrons. The number of piperidine rings is 1. The van der Waals surface area contributed by atoms with Gasteiger partial charge in [0.05, 0.1) is 31.3 Å². The van der Waals surface area contributed by atoms with Crippen molar-refractivity contribution in [2.75, 3.05) is 23.5 Å². The molecule has 10 N–H and O–H groups in total. The molecule has 42 heavy (non-hydrogen) atoms. The average molecular weight is 587 g/mol. The number of fused-ring (bicyclic) bond motifs is 1. The van der Waals surface area contributed by atoms with Gasteiger partial charge in [0.1, 0.15) is 11.4 Å². The van der Waals surface area contributed by atoms with Crippen LogP contribution >= 0.6 is 0 Å². The third-order valence-electron chi connectivity index (χ3n) is 7.07. The summed E-state index contributed by atoms with van der Waals surface area (Å²) in [5.74, 6) is -17.2. The molecule has 0 atom stereocenters. The summed E-state index contributed by atoms with van der Waals surface area (Å²) in [5.41, 5.74) is 3.79. The van der Waals surface area contributed by atoms with Gasteiger partial charge in [0.15, 0.2) is 5.69 Å². The van der Waals surface area contributed by atoms with Crippen molar-refractivity contribution in [3.63, 3.8) is 0 Å². The molecule has 1 fully saturated rings. The predicted molar refractivity (Wildman–Crippen MR) is 136 cm³/mol. The van der Waals surface area contributed by atoms with Crippen LogP contribution in [0.25, 0.3) is 5.69 Å². The van der Waals surface area contributed by atoms with Gasteiger partial charge >= 0.3 is 5.91 Å². The molecule has 0 spiro atoms. The second kappa shape index (κ2) is 9.28. The van der Waals surface area contributed by atoms with Gasteiger partial charge in [-0.25, -0.2) is 4.68 Å². The van der Waals surface area contributed by atoms with Gasteiger partial charge in [-0.3, -0.25) is 19.3 Å². The number of aliphatic hydroxyl groups is 8. The Morgan fingerprint density at radius 1 is 0.881 bits per heavy atom. The Balaban J connectivity index is 1.56. The van der Waals surface area contributed by atoms with Gasteiger partial charge in [0, 0.05) is 11.4 Å². The number of hydrogen-bond donors (Lipinski definition) is 9. The maximum atomic E-state index is 13.8. The van der Waals surface area contributed by atoms with E-state index in [0.29, 0.717) is 5.75 Å². The van der Waals surface area contributed by atoms with Crippen LogP contribution in [-0.2, 0) is 10.6 Å². The van der Waals surface area contributed by atoms with E-state index < -0.39 is 70.9 Å². The minimum absolute atomic E-state index is 0.0196. The van der Waals surface area contributed by atoms with E-state index in [4.69, 9.17) is 10.5 Å². The van der Waals surface area contributed by atoms with E-state index in [1.807, 2.05) is 0 Å². The zero-order chi connectivity index (χ0) is 31.0. The van der Waals surface area contributed by atoms with Crippen LogP contribution in [0.1, 0.15) is 33.0 Å². The molecule has 17 nitrogen and oxygen atoms in total. The number of aromatic nitrogens is 2. The number of nitrogens with two attached hydrogens (primary N) is 1. The Bertz CT molecular complexity index is 1590. The average Bonchev–Trinajstić information content (AvgIpc) is 3.33. The lowest BCUT2D eigenvalue weighted by Gasteiger charge is -2.51. The standard InChI is InChI=1S/C25H25N5O12/c1-42-15-8-6-14(7-9-15)30-19-17(18(27-30)20(26)32)22(34,35)11-28(21(19)33)12-2-4-13(5-3-12)29-16(31)10-23(36,37)24(38,39)25(29,40)41/h2-9,34-41H,10-11H2,1H3,(H2,26,32). The first kappa shape index (κ1) is 29.0. The molecule has 3 heterocycles. The number of nitrogens with zero attached hydrogens (tertiary/aromatic N) is 4. The number of hydrogen-bond acceptors (Lipinski definition) is 13. The molecule has 3 aromatic rings. The van der Waals surface area contributed by atoms with Crippen molar-refractivity contribution in [1.29, 1.82) is 0 Å². The van der Waals surface area contributed by atoms with E-state index in [9.17, 15) is 55.2 Å². The first-order valence-corrected chi connectivity index (χ1v) is 12.1. The monoisotopic (exact) mass is 587 g/mol. The van der Waals surface area contributed by atoms with E-state index in [1.54, 1.807) is 0 Å². The van der Waals surface area contributed by atoms with Crippen molar-refractivity contribution in [1.82, 2.24) is 9.78 Å². The lowest BCUT2D eigenvalue weighted by Crippen LogP contribution is -2.79. The molecule has 5 rings (SSSR count). The van der Waals surface area contributed by atoms with Crippen LogP contribution in [0.5, 0.6) is 5.75 Å². The Morgan fingerprint density at radius 3 is 1.98 bits per heavy atom. The molecule has 17 heteroatoms. The number of benzene rings is 2. The van der Waals surface area contributed by atoms with Crippen molar-refractivity contribution < 1.29 is 60.0 Å². The summed E-state index contributed by atoms with van der Waals surface area (Å²) in [6, 6.07) is 10.5. The van der Waals surface area contributed by atoms with Gasteiger partial charge in [0.2, 0.25) is 17.5 Å². The number of carbonyl (C=O) groups excluding carboxylic acids is 3. The quantitative estimate of drug-likeness (QED) is 0.131. The highest BCUT2D eigenvalue weighted by atomic mass is 16.7. The topological polar surface area (TPSA) is 273 Å². The lowest BCUT2D eigenvalue weighted by molar-refractivity contribution is -0.455. The summed E-state index contributed by atoms with van der Waals surface area (Å²) in [6.45, 7) is -0.812. The highest BCUT2D eigenvalue weighted by molar-refractivity contribution is 6.10. The number of anilines is 2. The van der Waals surface area contributed by atoms with Crippen LogP contribution in [0.2, 0.25) is 0 Å². The largest absolute Gasteiger partial charge is 0.497 e. The normalized spacial score (nSPS) is 20.3. The van der Waals surface area contributed by atoms with Crippen molar-refractivity contribution in [3.05, 3.63) is 65.5 Å². The molecule has 1 aromatic heterocycles. The molecule has 3 amide bonds. The van der Waals surface area contributed by atoms with Crippen LogP contribution in [0, 0.1) is 0 Å². The van der Waals surface area contributed by atoms with Crippen molar-refractivity contribution >= 4 is 29.1 Å². The molecule has 2 aliphatic heterocycles. The van der Waals surface area contributed by atoms with Crippen LogP contribution in [-0.4, -0.2) is 99.5 Å². The van der Waals surface area contributed by atoms with Crippen LogP contribution < -0.4 is 20.3 Å². The van der Waals surface area contributed by atoms with Crippen LogP contribution in [0.3, 0.4) is 0 Å². The van der Waals surface area contributed by atoms with Gasteiger partial charge in [-0.05, 0) is 48.5 Å². The number of β-amino-alcohol motifs (C(OH)–C–C–N with tert-alkyl or cyclic N) is 2. The zero-order valence-corrected chi connectivity index (χ0v) is 21.6. The van der Waals surface area contributed by atoms with E-state index in [2.05, 4.69) is 5.10 Å². The Labute approximate surface area is 235 Å². The molecular weight excluding hydrogens is 562 g/mol. The lowest BCUT2D eigenvalue weighted by atomic mass is 9.91. The summed E-state index contributed by atoms with van der Waals surface area (Å²) in [5, 5.41) is 86.2. The SMILES string of the molecule is COc1ccc(-n2nc(C(N)=O)c3c2C(=O)N(c2ccc(N4C(=O)CC(O)(O)C(O)(O)C4(O)O)cc2)CC3(O)O)cc1. The number of ether oxygens (including phenoxy) is 1. The van der Waals surface area contributed by atoms with E-state index in [-0.39, 0.29) is 22.0 Å². The molecule has 2 aliphatic rings. The van der Waals surface area contributed by atoms with Gasteiger partial charge in [0.25, 0.3) is 17.6 Å². The Hall–Kier alpha value is -4.46. The highest BCUT2D eigenvalue weighted by Gasteiger charge is 2.70. The van der Waals surface area contributed by atoms with E-state index >= 15 is 0 Å². The van der Waals surface area contributed by atoms with E-state index in [0.717, 1.165) is 33.8 Å². The summed E-state index contributed by atoms with van der Waals surface area (Å²) >= 11 is 0. The second-order valence-electron chi connectivity index (χ2n) is 9.80. The minimum Gasteiger partial charge on any atom is -0.497 e. The Kier molecular flexibility index (Phi) is 6.41. The third kappa shape index (κ3) is 4.11. The number of methoxy groups -OCH3 is 1. The summed E-state index contributed by atoms with van der Waals surface area (Å²) in [6.07, 6.45) is -1.33. The zero-order valence-electron chi connectivity index (χ0n) is 21.6. The van der Waals surface area contributed by atoms with Gasteiger partial charge in [-0.15, -0.1) is 0 Å². The summed E-state index contributed by atoms with van der Waals surface area (Å²) in [7, 11) is 1.44. The van der Waals surface area contributed by atoms with Crippen molar-refractivity contribution in [2.45, 2.75) is 29.7 Å². The molecular formula is C25H25N5O12. The van der Waals surface area contributed by atoms with E-state index in [1.165, 1.54) is 31.4 Å². The van der Waals surface area contributed by atoms with Crippen LogP contribution in [0.15, 0.2) is 48.5 Å². The second-order valence-corrected chi connectivity index (χ2v) is 9.80. The molecule has 0 saturated carbocycles. The molecule has 0 aliphatic carbocycles. The van der Waals surface area contributed by atoms with Gasteiger partial charge in [-0.1, -0.05) is 0 Å². The highest BCUT2D eigenvalue weighted by Crippen LogP contribution is 2.42. The molecule has 0 bridgehead atoms. The number of primary amides is 1. The molecule has 0 unspecified atom stereocenters. The Morgan fingerprint density at radius 2 is 1.43 bits per heavy atom. The predicted octanol–water partition coefficient (Wildman–Crippen LogP) is -3.49. The fourth-order valence-corrected chi connectivity index (χ4v) is 4.90. The number of carbonyl (C=O) groups is 3. The molecule has 1 saturated heterocycles. The molecule has 0 radical (unpaired) electrons. The third-order valence-corrected chi connectivity index (χ3v) is 7.07. The smallest absolute Gasteiger partial charge is 0.316 e. The maximum absolute atomic E-state index is 13.8. The van der Waals surface area contributed by atoms with Gasteiger partial charge in [-0.2, -0.15) is 5.10 Å². The fourth-order valence-electron chi connectivity index (χ4n) is 4.90. The summed E-state index contributed by atoms with van der Waals surface area (Å²) < 4.78 is 6.13. The summed E-state index contributed by atoms with van der Waals surface area (Å²) in [4.78, 5) is 39.4. The maximum Gasteiger partial charge on any atom is 0.316 e.